The lowest BCUT2D eigenvalue weighted by Gasteiger charge is -2.43. The monoisotopic (exact) mass is 653 g/mol. The van der Waals surface area contributed by atoms with Crippen molar-refractivity contribution in [1.29, 1.82) is 0 Å². The molecule has 0 heterocycles. The number of nitrogens with zero attached hydrogens (tertiary/aromatic N) is 1. The normalized spacial score (nSPS) is 15.5. The Hall–Kier alpha value is -2.07. The Balaban J connectivity index is 7.01. The predicted octanol–water partition coefficient (Wildman–Crippen LogP) is 6.42. The van der Waals surface area contributed by atoms with Gasteiger partial charge in [-0.05, 0) is 12.8 Å². The van der Waals surface area contributed by atoms with Gasteiger partial charge >= 0.3 is 52.9 Å². The molecule has 0 bridgehead atoms. The second-order valence-electron chi connectivity index (χ2n) is 7.88. The summed E-state index contributed by atoms with van der Waals surface area (Å²) in [6, 6.07) is 0. The minimum atomic E-state index is -8.92. The maximum absolute atomic E-state index is 14.4. The van der Waals surface area contributed by atoms with E-state index in [1.165, 1.54) is 6.92 Å². The van der Waals surface area contributed by atoms with Crippen LogP contribution in [0.1, 0.15) is 26.2 Å². The maximum Gasteiger partial charge on any atom is 0.460 e. The molecule has 1 N–H and O–H groups in total. The number of aliphatic carboxylic acids is 1. The minimum absolute atomic E-state index is 0.198. The Morgan fingerprint density at radius 2 is 1.02 bits per heavy atom. The Kier molecular flexibility index (Phi) is 10.4. The van der Waals surface area contributed by atoms with Crippen LogP contribution >= 0.6 is 0 Å². The van der Waals surface area contributed by atoms with Crippen LogP contribution in [0.2, 0.25) is 0 Å². The van der Waals surface area contributed by atoms with E-state index in [9.17, 15) is 87.8 Å². The first-order valence-corrected chi connectivity index (χ1v) is 11.3. The molecule has 0 aromatic carbocycles. The van der Waals surface area contributed by atoms with E-state index in [1.54, 1.807) is 0 Å². The van der Waals surface area contributed by atoms with Gasteiger partial charge in [0.2, 0.25) is 0 Å². The van der Waals surface area contributed by atoms with Crippen LogP contribution in [0.3, 0.4) is 0 Å². The van der Waals surface area contributed by atoms with E-state index in [0.717, 1.165) is 0 Å². The molecule has 0 saturated carbocycles. The number of carboxylic acids is 1. The Bertz CT molecular complexity index is 1050. The Labute approximate surface area is 212 Å². The predicted molar refractivity (Wildman–Crippen MR) is 97.5 cm³/mol. The summed E-state index contributed by atoms with van der Waals surface area (Å²) in [5, 5.41) is 0.943. The van der Waals surface area contributed by atoms with Gasteiger partial charge in [-0.3, -0.25) is 0 Å². The van der Waals surface area contributed by atoms with E-state index in [1.807, 2.05) is 0 Å². The first-order valence-electron chi connectivity index (χ1n) is 9.91. The molecule has 40 heavy (non-hydrogen) atoms. The number of alkyl halides is 17. The van der Waals surface area contributed by atoms with Crippen molar-refractivity contribution in [2.45, 2.75) is 73.2 Å². The quantitative estimate of drug-likeness (QED) is 0.164. The molecule has 23 heteroatoms. The van der Waals surface area contributed by atoms with E-state index in [4.69, 9.17) is 5.11 Å². The number of halogens is 17. The fourth-order valence-corrected chi connectivity index (χ4v) is 4.00. The highest BCUT2D eigenvalue weighted by Crippen LogP contribution is 2.64. The van der Waals surface area contributed by atoms with Crippen molar-refractivity contribution in [2.24, 2.45) is 0 Å². The van der Waals surface area contributed by atoms with Gasteiger partial charge in [0.25, 0.3) is 10.0 Å². The average molecular weight is 653 g/mol. The fourth-order valence-electron chi connectivity index (χ4n) is 2.53. The summed E-state index contributed by atoms with van der Waals surface area (Å²) in [6.45, 7) is 0.981. The van der Waals surface area contributed by atoms with Crippen molar-refractivity contribution in [1.82, 2.24) is 4.31 Å². The summed E-state index contributed by atoms with van der Waals surface area (Å²) in [4.78, 5) is 10.7. The average Bonchev–Trinajstić information content (AvgIpc) is 2.76. The maximum atomic E-state index is 14.4. The van der Waals surface area contributed by atoms with E-state index in [-0.39, 0.29) is 6.42 Å². The second kappa shape index (κ2) is 11.0. The van der Waals surface area contributed by atoms with Crippen LogP contribution in [0.4, 0.5) is 74.6 Å². The van der Waals surface area contributed by atoms with Gasteiger partial charge in [0, 0.05) is 18.7 Å². The van der Waals surface area contributed by atoms with E-state index in [2.05, 4.69) is 6.58 Å². The zero-order chi connectivity index (χ0) is 32.8. The van der Waals surface area contributed by atoms with Gasteiger partial charge in [-0.2, -0.15) is 78.9 Å². The molecule has 0 saturated heterocycles. The number of carboxylic acid groups (broad SMARTS) is 1. The van der Waals surface area contributed by atoms with E-state index < -0.39 is 98.8 Å². The fraction of sp³-hybridized carbons (Fsp3) is 0.824. The molecule has 0 aliphatic carbocycles. The lowest BCUT2D eigenvalue weighted by atomic mass is 9.91. The van der Waals surface area contributed by atoms with Crippen LogP contribution in [0, 0.1) is 0 Å². The molecular weight excluding hydrogens is 637 g/mol. The summed E-state index contributed by atoms with van der Waals surface area (Å²) in [7, 11) is -7.49. The van der Waals surface area contributed by atoms with Gasteiger partial charge < -0.3 is 5.11 Å². The minimum Gasteiger partial charge on any atom is -0.478 e. The topological polar surface area (TPSA) is 74.7 Å². The lowest BCUT2D eigenvalue weighted by Crippen LogP contribution is -2.75. The molecule has 0 aromatic rings. The number of unbranched alkanes of at least 4 members (excludes halogenated alkanes) is 1. The molecule has 0 atom stereocenters. The van der Waals surface area contributed by atoms with Crippen LogP contribution in [-0.2, 0) is 14.8 Å². The molecule has 0 aromatic heterocycles. The van der Waals surface area contributed by atoms with Crippen LogP contribution in [-0.4, -0.2) is 83.9 Å². The van der Waals surface area contributed by atoms with Crippen molar-refractivity contribution in [3.63, 3.8) is 0 Å². The highest BCUT2D eigenvalue weighted by molar-refractivity contribution is 7.90. The summed E-state index contributed by atoms with van der Waals surface area (Å²) in [6.07, 6.45) is -9.94. The molecule has 0 unspecified atom stereocenters. The number of hydrogen-bond acceptors (Lipinski definition) is 3. The van der Waals surface area contributed by atoms with Crippen molar-refractivity contribution in [3.8, 4) is 0 Å². The zero-order valence-corrected chi connectivity index (χ0v) is 20.0. The number of sulfonamides is 1. The third-order valence-corrected chi connectivity index (χ3v) is 7.03. The van der Waals surface area contributed by atoms with Crippen molar-refractivity contribution < 1.29 is 93.0 Å². The van der Waals surface area contributed by atoms with Crippen LogP contribution in [0.15, 0.2) is 12.2 Å². The molecule has 0 spiro atoms. The second-order valence-corrected chi connectivity index (χ2v) is 9.86. The number of hydrogen-bond donors (Lipinski definition) is 1. The standard InChI is InChI=1S/C17H16F17NO4S/c1-3-4-6-35(7-5-8(2)9(36)37)40(38,39)17(33,34)15(28,29)13(24,25)11(20,21)10(18,19)12(22,23)14(26,27)16(30,31)32/h2-7H2,1H3,(H,36,37). The highest BCUT2D eigenvalue weighted by atomic mass is 32.2. The van der Waals surface area contributed by atoms with Gasteiger partial charge in [0.15, 0.2) is 0 Å². The lowest BCUT2D eigenvalue weighted by molar-refractivity contribution is -0.458. The van der Waals surface area contributed by atoms with Gasteiger partial charge in [0.1, 0.15) is 0 Å². The molecule has 238 valence electrons. The van der Waals surface area contributed by atoms with Gasteiger partial charge in [-0.25, -0.2) is 13.2 Å². The van der Waals surface area contributed by atoms with Crippen molar-refractivity contribution >= 4 is 16.0 Å². The molecule has 5 nitrogen and oxygen atoms in total. The number of rotatable bonds is 15. The summed E-state index contributed by atoms with van der Waals surface area (Å²) >= 11 is 0. The smallest absolute Gasteiger partial charge is 0.460 e. The SMILES string of the molecule is C=C(CCN(CCCC)S(=O)(=O)C(F)(F)C(F)(F)C(F)(F)C(F)(F)C(F)(F)C(F)(F)C(F)(F)C(F)(F)F)C(=O)O. The van der Waals surface area contributed by atoms with Crippen molar-refractivity contribution in [3.05, 3.63) is 12.2 Å². The first-order chi connectivity index (χ1) is 17.3. The largest absolute Gasteiger partial charge is 0.478 e. The van der Waals surface area contributed by atoms with Crippen molar-refractivity contribution in [2.75, 3.05) is 13.1 Å². The van der Waals surface area contributed by atoms with Gasteiger partial charge in [0.05, 0.1) is 0 Å². The van der Waals surface area contributed by atoms with E-state index in [0.29, 0.717) is 0 Å². The molecule has 0 aliphatic heterocycles. The first kappa shape index (κ1) is 37.9. The van der Waals surface area contributed by atoms with Gasteiger partial charge in [-0.1, -0.05) is 19.9 Å². The van der Waals surface area contributed by atoms with Crippen LogP contribution in [0.5, 0.6) is 0 Å². The van der Waals surface area contributed by atoms with Crippen LogP contribution in [0.25, 0.3) is 0 Å². The highest BCUT2D eigenvalue weighted by Gasteiger charge is 2.96. The number of carbonyl (C=O) groups is 1. The Morgan fingerprint density at radius 3 is 1.35 bits per heavy atom. The molecule has 0 amide bonds. The molecule has 0 aliphatic rings. The zero-order valence-electron chi connectivity index (χ0n) is 19.2. The molecule has 0 rings (SSSR count). The molecule has 0 radical (unpaired) electrons. The summed E-state index contributed by atoms with van der Waals surface area (Å²) < 4.78 is 252. The van der Waals surface area contributed by atoms with Crippen LogP contribution < -0.4 is 0 Å². The third-order valence-electron chi connectivity index (χ3n) is 5.08. The van der Waals surface area contributed by atoms with E-state index >= 15 is 0 Å². The summed E-state index contributed by atoms with van der Waals surface area (Å²) in [5.41, 5.74) is -1.02. The molecule has 0 fully saturated rings. The molecular formula is C17H16F17NO4S. The van der Waals surface area contributed by atoms with Gasteiger partial charge in [-0.15, -0.1) is 0 Å². The Morgan fingerprint density at radius 1 is 0.675 bits per heavy atom. The summed E-state index contributed by atoms with van der Waals surface area (Å²) in [5.74, 6) is -54.0. The third kappa shape index (κ3) is 5.54.